The maximum atomic E-state index is 13.4. The van der Waals surface area contributed by atoms with Crippen LogP contribution in [0.2, 0.25) is 0 Å². The predicted molar refractivity (Wildman–Crippen MR) is 182 cm³/mol. The molecule has 1 N–H and O–H groups in total. The Hall–Kier alpha value is -3.89. The summed E-state index contributed by atoms with van der Waals surface area (Å²) in [6.07, 6.45) is -5.91. The van der Waals surface area contributed by atoms with Crippen LogP contribution in [0.3, 0.4) is 0 Å². The van der Waals surface area contributed by atoms with Gasteiger partial charge in [-0.1, -0.05) is 121 Å². The lowest BCUT2D eigenvalue weighted by Crippen LogP contribution is -2.65. The molecule has 1 fully saturated rings. The molecular weight excluding hydrogens is 608 g/mol. The number of ether oxygens (including phenoxy) is 6. The second-order valence-electron chi connectivity index (χ2n) is 12.9. The monoisotopic (exact) mass is 654 g/mol. The number of aliphatic hydroxyl groups excluding tert-OH is 1. The minimum Gasteiger partial charge on any atom is -0.458 e. The zero-order chi connectivity index (χ0) is 33.8. The molecule has 0 unspecified atom stereocenters. The Kier molecular flexibility index (Phi) is 12.9. The minimum atomic E-state index is -1.67. The second-order valence-corrected chi connectivity index (χ2v) is 12.9. The molecule has 0 amide bonds. The Labute approximate surface area is 283 Å². The van der Waals surface area contributed by atoms with E-state index in [1.165, 1.54) is 0 Å². The van der Waals surface area contributed by atoms with Crippen LogP contribution in [0.15, 0.2) is 121 Å². The van der Waals surface area contributed by atoms with Gasteiger partial charge >= 0.3 is 5.97 Å². The van der Waals surface area contributed by atoms with Crippen molar-refractivity contribution < 1.29 is 38.3 Å². The number of carbonyl (C=O) groups excluding carboxylic acids is 1. The molecule has 1 aliphatic rings. The Morgan fingerprint density at radius 2 is 1.02 bits per heavy atom. The van der Waals surface area contributed by atoms with Crippen molar-refractivity contribution >= 4 is 5.97 Å². The van der Waals surface area contributed by atoms with Gasteiger partial charge in [0.15, 0.2) is 6.10 Å². The lowest BCUT2D eigenvalue weighted by atomic mass is 9.91. The van der Waals surface area contributed by atoms with Gasteiger partial charge in [0.25, 0.3) is 0 Å². The highest BCUT2D eigenvalue weighted by atomic mass is 16.6. The van der Waals surface area contributed by atoms with Gasteiger partial charge in [-0.15, -0.1) is 0 Å². The molecule has 4 aromatic rings. The minimum absolute atomic E-state index is 0.114. The van der Waals surface area contributed by atoms with Crippen LogP contribution >= 0.6 is 0 Å². The third-order valence-electron chi connectivity index (χ3n) is 7.88. The van der Waals surface area contributed by atoms with E-state index in [0.29, 0.717) is 6.61 Å². The first-order chi connectivity index (χ1) is 23.3. The van der Waals surface area contributed by atoms with Gasteiger partial charge in [-0.2, -0.15) is 0 Å². The van der Waals surface area contributed by atoms with E-state index in [1.54, 1.807) is 20.8 Å². The van der Waals surface area contributed by atoms with E-state index in [0.717, 1.165) is 22.3 Å². The average molecular weight is 655 g/mol. The molecule has 8 nitrogen and oxygen atoms in total. The quantitative estimate of drug-likeness (QED) is 0.147. The van der Waals surface area contributed by atoms with E-state index < -0.39 is 48.2 Å². The summed E-state index contributed by atoms with van der Waals surface area (Å²) in [5.41, 5.74) is 3.02. The molecule has 5 rings (SSSR count). The molecule has 0 saturated carbocycles. The average Bonchev–Trinajstić information content (AvgIpc) is 3.10. The van der Waals surface area contributed by atoms with Crippen molar-refractivity contribution in [1.82, 2.24) is 0 Å². The maximum absolute atomic E-state index is 13.4. The second kappa shape index (κ2) is 17.5. The first-order valence-electron chi connectivity index (χ1n) is 16.4. The summed E-state index contributed by atoms with van der Waals surface area (Å²) >= 11 is 0. The highest BCUT2D eigenvalue weighted by Crippen LogP contribution is 2.33. The molecule has 0 spiro atoms. The third kappa shape index (κ3) is 10.6. The fourth-order valence-electron chi connectivity index (χ4n) is 5.58. The van der Waals surface area contributed by atoms with Gasteiger partial charge in [0.2, 0.25) is 0 Å². The molecule has 8 heteroatoms. The van der Waals surface area contributed by atoms with Crippen LogP contribution in [0.5, 0.6) is 0 Å². The fraction of sp³-hybridized carbons (Fsp3) is 0.375. The van der Waals surface area contributed by atoms with Gasteiger partial charge in [0, 0.05) is 0 Å². The maximum Gasteiger partial charge on any atom is 0.338 e. The van der Waals surface area contributed by atoms with Gasteiger partial charge in [-0.3, -0.25) is 0 Å². The number of carbonyl (C=O) groups is 1. The summed E-state index contributed by atoms with van der Waals surface area (Å²) in [5.74, 6) is -0.810. The number of benzene rings is 4. The number of hydrogen-bond donors (Lipinski definition) is 1. The van der Waals surface area contributed by atoms with Crippen molar-refractivity contribution in [2.24, 2.45) is 0 Å². The van der Waals surface area contributed by atoms with Crippen molar-refractivity contribution in [3.05, 3.63) is 144 Å². The Balaban J connectivity index is 1.49. The van der Waals surface area contributed by atoms with Gasteiger partial charge in [0.1, 0.15) is 36.1 Å². The van der Waals surface area contributed by atoms with Crippen LogP contribution in [0.25, 0.3) is 0 Å². The summed E-state index contributed by atoms with van der Waals surface area (Å²) in [4.78, 5) is 13.4. The smallest absolute Gasteiger partial charge is 0.338 e. The molecule has 0 aromatic heterocycles. The predicted octanol–water partition coefficient (Wildman–Crippen LogP) is 6.43. The number of esters is 1. The molecule has 1 aliphatic heterocycles. The molecule has 0 radical (unpaired) electrons. The van der Waals surface area contributed by atoms with E-state index in [9.17, 15) is 9.90 Å². The van der Waals surface area contributed by atoms with E-state index in [1.807, 2.05) is 121 Å². The lowest BCUT2D eigenvalue weighted by Gasteiger charge is -2.47. The summed E-state index contributed by atoms with van der Waals surface area (Å²) in [6, 6.07) is 39.2. The highest BCUT2D eigenvalue weighted by molar-refractivity contribution is 5.75. The van der Waals surface area contributed by atoms with Crippen LogP contribution in [-0.4, -0.2) is 59.9 Å². The van der Waals surface area contributed by atoms with E-state index in [2.05, 4.69) is 0 Å². The molecule has 1 heterocycles. The SMILES string of the molecule is CC(C)(C)OC(=O)[C@@H](O)[C@@H]1O[C@H](COCc2ccccc2)[C@@H](OCc2ccccc2)[C@H](OCc2ccccc2)[C@H]1OCc1ccccc1. The summed E-state index contributed by atoms with van der Waals surface area (Å²) in [7, 11) is 0. The van der Waals surface area contributed by atoms with Crippen molar-refractivity contribution in [2.45, 2.75) is 89.4 Å². The van der Waals surface area contributed by atoms with Gasteiger partial charge in [-0.05, 0) is 43.0 Å². The Bertz CT molecular complexity index is 1490. The van der Waals surface area contributed by atoms with Crippen molar-refractivity contribution in [2.75, 3.05) is 6.61 Å². The van der Waals surface area contributed by atoms with Crippen LogP contribution in [0, 0.1) is 0 Å². The Morgan fingerprint density at radius 3 is 1.46 bits per heavy atom. The van der Waals surface area contributed by atoms with Crippen LogP contribution < -0.4 is 0 Å². The van der Waals surface area contributed by atoms with Crippen LogP contribution in [0.4, 0.5) is 0 Å². The molecule has 0 bridgehead atoms. The first kappa shape index (κ1) is 35.4. The highest BCUT2D eigenvalue weighted by Gasteiger charge is 2.52. The molecule has 0 aliphatic carbocycles. The third-order valence-corrected chi connectivity index (χ3v) is 7.88. The molecule has 6 atom stereocenters. The fourth-order valence-corrected chi connectivity index (χ4v) is 5.58. The lowest BCUT2D eigenvalue weighted by molar-refractivity contribution is -0.287. The largest absolute Gasteiger partial charge is 0.458 e. The number of hydrogen-bond acceptors (Lipinski definition) is 8. The molecule has 48 heavy (non-hydrogen) atoms. The van der Waals surface area contributed by atoms with Gasteiger partial charge in [-0.25, -0.2) is 4.79 Å². The topological polar surface area (TPSA) is 92.7 Å². The van der Waals surface area contributed by atoms with E-state index >= 15 is 0 Å². The number of rotatable bonds is 15. The van der Waals surface area contributed by atoms with Crippen molar-refractivity contribution in [1.29, 1.82) is 0 Å². The van der Waals surface area contributed by atoms with Gasteiger partial charge in [0.05, 0.1) is 33.0 Å². The number of aliphatic hydroxyl groups is 1. The van der Waals surface area contributed by atoms with Crippen LogP contribution in [0.1, 0.15) is 43.0 Å². The molecular formula is C40H46O8. The summed E-state index contributed by atoms with van der Waals surface area (Å²) < 4.78 is 38.3. The molecule has 1 saturated heterocycles. The van der Waals surface area contributed by atoms with Crippen molar-refractivity contribution in [3.8, 4) is 0 Å². The van der Waals surface area contributed by atoms with E-state index in [4.69, 9.17) is 28.4 Å². The standard InChI is InChI=1S/C40H46O8/c1-40(2,3)48-39(42)34(41)36-38(46-27-32-22-14-7-15-23-32)37(45-26-31-20-12-6-13-21-31)35(44-25-30-18-10-5-11-19-30)33(47-36)28-43-24-29-16-8-4-9-17-29/h4-23,33-38,41H,24-28H2,1-3H3/t33-,34+,35-,36+,37+,38+/m1/s1. The Morgan fingerprint density at radius 1 is 0.625 bits per heavy atom. The van der Waals surface area contributed by atoms with E-state index in [-0.39, 0.29) is 26.4 Å². The van der Waals surface area contributed by atoms with Crippen LogP contribution in [-0.2, 0) is 59.6 Å². The molecule has 4 aromatic carbocycles. The summed E-state index contributed by atoms with van der Waals surface area (Å²) in [5, 5.41) is 11.6. The normalized spacial score (nSPS) is 21.8. The summed E-state index contributed by atoms with van der Waals surface area (Å²) in [6.45, 7) is 6.43. The zero-order valence-electron chi connectivity index (χ0n) is 27.9. The first-order valence-corrected chi connectivity index (χ1v) is 16.4. The molecule has 254 valence electrons. The van der Waals surface area contributed by atoms with Crippen molar-refractivity contribution in [3.63, 3.8) is 0 Å². The van der Waals surface area contributed by atoms with Gasteiger partial charge < -0.3 is 33.5 Å². The zero-order valence-corrected chi connectivity index (χ0v) is 27.9.